The molecule has 6 aromatic carbocycles. The van der Waals surface area contributed by atoms with E-state index >= 15 is 8.78 Å². The fourth-order valence-corrected chi connectivity index (χ4v) is 6.31. The van der Waals surface area contributed by atoms with Crippen molar-refractivity contribution in [2.24, 2.45) is 0 Å². The highest BCUT2D eigenvalue weighted by Gasteiger charge is 2.24. The summed E-state index contributed by atoms with van der Waals surface area (Å²) in [7, 11) is 0. The SMILES string of the molecule is CC(C)(C)c1ccc(OC(=O)Oc2ccc(-c3ccc(C(C)(C)c4ccc(-c5ccc(OC(=O)Oc6ccc(C(C)(C)C)cc6)c(F)c5)cc4)cc3)cc2F)cc1. The van der Waals surface area contributed by atoms with Gasteiger partial charge in [0.25, 0.3) is 0 Å². The lowest BCUT2D eigenvalue weighted by atomic mass is 9.77. The molecule has 0 aliphatic carbocycles. The van der Waals surface area contributed by atoms with Gasteiger partial charge in [0.1, 0.15) is 11.5 Å². The highest BCUT2D eigenvalue weighted by molar-refractivity contribution is 5.71. The maximum Gasteiger partial charge on any atom is 0.519 e. The fraction of sp³-hybridized carbons (Fsp3) is 0.224. The first kappa shape index (κ1) is 40.4. The second-order valence-electron chi connectivity index (χ2n) is 16.5. The summed E-state index contributed by atoms with van der Waals surface area (Å²) >= 11 is 0. The van der Waals surface area contributed by atoms with Gasteiger partial charge in [-0.15, -0.1) is 0 Å². The zero-order valence-corrected chi connectivity index (χ0v) is 33.4. The van der Waals surface area contributed by atoms with E-state index in [0.29, 0.717) is 22.6 Å². The number of hydrogen-bond donors (Lipinski definition) is 0. The minimum atomic E-state index is -1.03. The summed E-state index contributed by atoms with van der Waals surface area (Å²) in [5.41, 5.74) is 6.54. The van der Waals surface area contributed by atoms with Gasteiger partial charge in [-0.1, -0.05) is 140 Å². The van der Waals surface area contributed by atoms with Crippen molar-refractivity contribution in [3.8, 4) is 45.3 Å². The summed E-state index contributed by atoms with van der Waals surface area (Å²) in [6, 6.07) is 38.7. The molecular formula is C49H46F2O6. The van der Waals surface area contributed by atoms with E-state index in [1.807, 2.05) is 72.8 Å². The molecule has 0 radical (unpaired) electrons. The second kappa shape index (κ2) is 16.1. The van der Waals surface area contributed by atoms with Crippen molar-refractivity contribution < 1.29 is 37.3 Å². The van der Waals surface area contributed by atoms with E-state index in [4.69, 9.17) is 18.9 Å². The van der Waals surface area contributed by atoms with Crippen LogP contribution in [0.1, 0.15) is 77.6 Å². The normalized spacial score (nSPS) is 11.8. The van der Waals surface area contributed by atoms with Gasteiger partial charge in [-0.25, -0.2) is 18.4 Å². The Labute approximate surface area is 333 Å². The maximum atomic E-state index is 15.1. The lowest BCUT2D eigenvalue weighted by Gasteiger charge is -2.26. The standard InChI is InChI=1S/C49H46F2O6/c1-47(2,3)35-19-23-39(24-20-35)54-45(52)56-43-27-13-33(29-41(43)50)31-9-15-37(16-10-31)49(7,8)38-17-11-32(12-18-38)34-14-28-44(42(51)30-34)57-46(53)55-40-25-21-36(22-26-40)48(4,5)6/h9-30H,1-8H3. The number of carbonyl (C=O) groups is 2. The van der Waals surface area contributed by atoms with Crippen molar-refractivity contribution in [2.75, 3.05) is 0 Å². The highest BCUT2D eigenvalue weighted by atomic mass is 19.1. The summed E-state index contributed by atoms with van der Waals surface area (Å²) in [6.07, 6.45) is -2.06. The smallest absolute Gasteiger partial charge is 0.395 e. The summed E-state index contributed by atoms with van der Waals surface area (Å²) < 4.78 is 51.0. The Balaban J connectivity index is 1.06. The number of benzene rings is 6. The van der Waals surface area contributed by atoms with Crippen LogP contribution >= 0.6 is 0 Å². The Hall–Kier alpha value is -6.28. The predicted molar refractivity (Wildman–Crippen MR) is 219 cm³/mol. The average Bonchev–Trinajstić information content (AvgIpc) is 3.16. The van der Waals surface area contributed by atoms with Gasteiger partial charge >= 0.3 is 12.3 Å². The van der Waals surface area contributed by atoms with E-state index in [2.05, 4.69) is 55.4 Å². The van der Waals surface area contributed by atoms with Gasteiger partial charge in [-0.3, -0.25) is 0 Å². The van der Waals surface area contributed by atoms with Crippen LogP contribution in [-0.2, 0) is 16.2 Å². The molecular weight excluding hydrogens is 723 g/mol. The molecule has 0 aliphatic heterocycles. The molecule has 0 unspecified atom stereocenters. The number of rotatable bonds is 8. The molecule has 0 saturated heterocycles. The van der Waals surface area contributed by atoms with Crippen LogP contribution in [0.5, 0.6) is 23.0 Å². The Morgan fingerprint density at radius 2 is 0.684 bits per heavy atom. The molecule has 0 saturated carbocycles. The molecule has 6 nitrogen and oxygen atoms in total. The molecule has 0 bridgehead atoms. The van der Waals surface area contributed by atoms with E-state index in [1.54, 1.807) is 36.4 Å². The predicted octanol–water partition coefficient (Wildman–Crippen LogP) is 13.4. The first-order chi connectivity index (χ1) is 26.9. The average molecular weight is 769 g/mol. The van der Waals surface area contributed by atoms with Crippen molar-refractivity contribution >= 4 is 12.3 Å². The zero-order chi connectivity index (χ0) is 41.1. The van der Waals surface area contributed by atoms with Crippen LogP contribution in [0, 0.1) is 11.6 Å². The summed E-state index contributed by atoms with van der Waals surface area (Å²) in [5.74, 6) is -1.26. The number of hydrogen-bond acceptors (Lipinski definition) is 6. The Kier molecular flexibility index (Phi) is 11.4. The third-order valence-electron chi connectivity index (χ3n) is 9.97. The van der Waals surface area contributed by atoms with Crippen LogP contribution in [0.2, 0.25) is 0 Å². The largest absolute Gasteiger partial charge is 0.519 e. The lowest BCUT2D eigenvalue weighted by molar-refractivity contribution is 0.148. The van der Waals surface area contributed by atoms with E-state index in [1.165, 1.54) is 24.3 Å². The van der Waals surface area contributed by atoms with E-state index in [-0.39, 0.29) is 22.3 Å². The van der Waals surface area contributed by atoms with Gasteiger partial charge in [-0.2, -0.15) is 0 Å². The Bertz CT molecular complexity index is 2200. The number of carbonyl (C=O) groups excluding carboxylic acids is 2. The van der Waals surface area contributed by atoms with Crippen molar-refractivity contribution in [2.45, 2.75) is 71.6 Å². The molecule has 0 spiro atoms. The van der Waals surface area contributed by atoms with Gasteiger partial charge in [0.15, 0.2) is 23.1 Å². The molecule has 57 heavy (non-hydrogen) atoms. The molecule has 0 aliphatic rings. The van der Waals surface area contributed by atoms with E-state index in [0.717, 1.165) is 33.4 Å². The van der Waals surface area contributed by atoms with Gasteiger partial charge in [0.2, 0.25) is 0 Å². The monoisotopic (exact) mass is 768 g/mol. The van der Waals surface area contributed by atoms with Crippen LogP contribution in [0.4, 0.5) is 18.4 Å². The molecule has 0 amide bonds. The molecule has 292 valence electrons. The summed E-state index contributed by atoms with van der Waals surface area (Å²) in [4.78, 5) is 24.8. The van der Waals surface area contributed by atoms with Crippen LogP contribution in [0.25, 0.3) is 22.3 Å². The molecule has 6 aromatic rings. The van der Waals surface area contributed by atoms with Gasteiger partial charge in [-0.05, 0) is 104 Å². The minimum Gasteiger partial charge on any atom is -0.395 e. The first-order valence-electron chi connectivity index (χ1n) is 18.7. The van der Waals surface area contributed by atoms with Gasteiger partial charge < -0.3 is 18.9 Å². The molecule has 0 heterocycles. The highest BCUT2D eigenvalue weighted by Crippen LogP contribution is 2.36. The van der Waals surface area contributed by atoms with E-state index in [9.17, 15) is 9.59 Å². The van der Waals surface area contributed by atoms with Crippen molar-refractivity contribution in [1.82, 2.24) is 0 Å². The van der Waals surface area contributed by atoms with Gasteiger partial charge in [0, 0.05) is 5.41 Å². The maximum absolute atomic E-state index is 15.1. The topological polar surface area (TPSA) is 71.1 Å². The molecule has 0 aromatic heterocycles. The summed E-state index contributed by atoms with van der Waals surface area (Å²) in [6.45, 7) is 16.7. The third-order valence-corrected chi connectivity index (χ3v) is 9.97. The molecule has 0 fully saturated rings. The fourth-order valence-electron chi connectivity index (χ4n) is 6.31. The van der Waals surface area contributed by atoms with Crippen LogP contribution in [-0.4, -0.2) is 12.3 Å². The Morgan fingerprint density at radius 1 is 0.386 bits per heavy atom. The molecule has 6 rings (SSSR count). The number of ether oxygens (including phenoxy) is 4. The molecule has 0 atom stereocenters. The van der Waals surface area contributed by atoms with Crippen LogP contribution in [0.15, 0.2) is 133 Å². The third kappa shape index (κ3) is 9.76. The first-order valence-corrected chi connectivity index (χ1v) is 18.7. The minimum absolute atomic E-state index is 0.0482. The number of halogens is 2. The zero-order valence-electron chi connectivity index (χ0n) is 33.4. The quantitative estimate of drug-likeness (QED) is 0.113. The van der Waals surface area contributed by atoms with Crippen LogP contribution < -0.4 is 18.9 Å². The van der Waals surface area contributed by atoms with Crippen molar-refractivity contribution in [1.29, 1.82) is 0 Å². The second-order valence-corrected chi connectivity index (χ2v) is 16.5. The van der Waals surface area contributed by atoms with Gasteiger partial charge in [0.05, 0.1) is 0 Å². The lowest BCUT2D eigenvalue weighted by Crippen LogP contribution is -2.18. The van der Waals surface area contributed by atoms with Crippen molar-refractivity contribution in [3.63, 3.8) is 0 Å². The van der Waals surface area contributed by atoms with Crippen LogP contribution in [0.3, 0.4) is 0 Å². The summed E-state index contributed by atoms with van der Waals surface area (Å²) in [5, 5.41) is 0. The molecule has 8 heteroatoms. The van der Waals surface area contributed by atoms with Crippen molar-refractivity contribution in [3.05, 3.63) is 167 Å². The van der Waals surface area contributed by atoms with E-state index < -0.39 is 29.4 Å². The Morgan fingerprint density at radius 3 is 0.982 bits per heavy atom. The molecule has 0 N–H and O–H groups in total.